The zero-order chi connectivity index (χ0) is 20.3. The molecule has 0 saturated heterocycles. The van der Waals surface area contributed by atoms with Gasteiger partial charge in [0.15, 0.2) is 11.4 Å². The first kappa shape index (κ1) is 19.8. The molecule has 1 heterocycles. The Bertz CT molecular complexity index is 951. The number of aromatic nitrogens is 1. The second-order valence-electron chi connectivity index (χ2n) is 5.18. The lowest BCUT2D eigenvalue weighted by atomic mass is 10.1. The third-order valence-corrected chi connectivity index (χ3v) is 3.55. The van der Waals surface area contributed by atoms with Gasteiger partial charge in [0.25, 0.3) is 5.91 Å². The van der Waals surface area contributed by atoms with Gasteiger partial charge in [-0.2, -0.15) is 0 Å². The Kier molecular flexibility index (Phi) is 5.73. The number of amides is 1. The normalized spacial score (nSPS) is 10.4. The number of nitrogen functional groups attached to an aromatic ring is 1. The number of carbonyl (C=O) groups excluding carboxylic acids is 2. The number of esters is 1. The molecule has 0 saturated carbocycles. The average molecular weight is 385 g/mol. The van der Waals surface area contributed by atoms with Crippen LogP contribution in [0.3, 0.4) is 0 Å². The van der Waals surface area contributed by atoms with E-state index >= 15 is 0 Å². The van der Waals surface area contributed by atoms with Gasteiger partial charge in [-0.05, 0) is 0 Å². The first-order valence-electron chi connectivity index (χ1n) is 7.29. The quantitative estimate of drug-likeness (QED) is 0.579. The van der Waals surface area contributed by atoms with Gasteiger partial charge >= 0.3 is 5.97 Å². The summed E-state index contributed by atoms with van der Waals surface area (Å²) in [6.45, 7) is -0.665. The first-order chi connectivity index (χ1) is 12.7. The Labute approximate surface area is 150 Å². The van der Waals surface area contributed by atoms with Crippen LogP contribution in [-0.2, 0) is 11.3 Å². The standard InChI is InChI=1S/C16H14F3N3O5/c1-26-14-12(16(25)27-2)22(20)6-9(13(14)23)15(24)21-5-8-10(18)3-7(17)4-11(8)19/h3-4,6H,5,20H2,1-2H3,(H,21,24). The van der Waals surface area contributed by atoms with Crippen molar-refractivity contribution < 1.29 is 32.2 Å². The lowest BCUT2D eigenvalue weighted by molar-refractivity contribution is 0.0584. The fraction of sp³-hybridized carbons (Fsp3) is 0.188. The summed E-state index contributed by atoms with van der Waals surface area (Å²) in [7, 11) is 2.13. The highest BCUT2D eigenvalue weighted by atomic mass is 19.1. The van der Waals surface area contributed by atoms with Crippen LogP contribution in [0.15, 0.2) is 23.1 Å². The van der Waals surface area contributed by atoms with Crippen molar-refractivity contribution in [2.24, 2.45) is 0 Å². The molecule has 0 fully saturated rings. The maximum Gasteiger partial charge on any atom is 0.360 e. The summed E-state index contributed by atoms with van der Waals surface area (Å²) in [5.74, 6) is -0.487. The highest BCUT2D eigenvalue weighted by molar-refractivity contribution is 5.96. The van der Waals surface area contributed by atoms with Crippen LogP contribution in [0.5, 0.6) is 5.75 Å². The number of nitrogens with zero attached hydrogens (tertiary/aromatic N) is 1. The van der Waals surface area contributed by atoms with E-state index in [0.29, 0.717) is 16.8 Å². The molecule has 1 amide bonds. The highest BCUT2D eigenvalue weighted by Gasteiger charge is 2.25. The minimum absolute atomic E-state index is 0.433. The van der Waals surface area contributed by atoms with Crippen LogP contribution in [0.1, 0.15) is 26.4 Å². The number of hydrogen-bond acceptors (Lipinski definition) is 6. The summed E-state index contributed by atoms with van der Waals surface area (Å²) in [5.41, 5.74) is -2.57. The first-order valence-corrected chi connectivity index (χ1v) is 7.29. The molecule has 144 valence electrons. The summed E-state index contributed by atoms with van der Waals surface area (Å²) in [6.07, 6.45) is 0.837. The number of hydrogen-bond donors (Lipinski definition) is 2. The van der Waals surface area contributed by atoms with Crippen molar-refractivity contribution in [2.45, 2.75) is 6.54 Å². The molecule has 27 heavy (non-hydrogen) atoms. The summed E-state index contributed by atoms with van der Waals surface area (Å²) in [6, 6.07) is 0.900. The van der Waals surface area contributed by atoms with Crippen molar-refractivity contribution in [1.82, 2.24) is 9.99 Å². The molecule has 1 aromatic heterocycles. The van der Waals surface area contributed by atoms with Gasteiger partial charge in [-0.15, -0.1) is 0 Å². The van der Waals surface area contributed by atoms with E-state index in [2.05, 4.69) is 10.1 Å². The van der Waals surface area contributed by atoms with E-state index in [4.69, 9.17) is 10.6 Å². The Balaban J connectivity index is 2.36. The predicted octanol–water partition coefficient (Wildman–Crippen LogP) is 0.705. The fourth-order valence-electron chi connectivity index (χ4n) is 2.26. The average Bonchev–Trinajstić information content (AvgIpc) is 2.61. The monoisotopic (exact) mass is 385 g/mol. The Morgan fingerprint density at radius 3 is 2.30 bits per heavy atom. The highest BCUT2D eigenvalue weighted by Crippen LogP contribution is 2.16. The van der Waals surface area contributed by atoms with Crippen molar-refractivity contribution in [1.29, 1.82) is 0 Å². The number of methoxy groups -OCH3 is 2. The van der Waals surface area contributed by atoms with Crippen molar-refractivity contribution in [3.8, 4) is 5.75 Å². The Hall–Kier alpha value is -3.50. The summed E-state index contributed by atoms with van der Waals surface area (Å²) in [4.78, 5) is 36.3. The number of nitrogens with two attached hydrogens (primary N) is 1. The van der Waals surface area contributed by atoms with E-state index in [1.54, 1.807) is 0 Å². The third kappa shape index (κ3) is 3.86. The van der Waals surface area contributed by atoms with Crippen LogP contribution in [0.25, 0.3) is 0 Å². The number of pyridine rings is 1. The van der Waals surface area contributed by atoms with Crippen LogP contribution in [0.4, 0.5) is 13.2 Å². The summed E-state index contributed by atoms with van der Waals surface area (Å²) >= 11 is 0. The van der Waals surface area contributed by atoms with Crippen LogP contribution in [0, 0.1) is 17.5 Å². The molecular formula is C16H14F3N3O5. The number of benzene rings is 1. The van der Waals surface area contributed by atoms with E-state index in [-0.39, 0.29) is 0 Å². The van der Waals surface area contributed by atoms with Gasteiger partial charge in [-0.25, -0.2) is 18.0 Å². The molecule has 0 aliphatic carbocycles. The molecule has 0 aliphatic rings. The van der Waals surface area contributed by atoms with E-state index in [0.717, 1.165) is 20.4 Å². The molecule has 0 unspecified atom stereocenters. The van der Waals surface area contributed by atoms with E-state index < -0.39 is 63.9 Å². The van der Waals surface area contributed by atoms with E-state index in [1.165, 1.54) is 0 Å². The van der Waals surface area contributed by atoms with Crippen LogP contribution >= 0.6 is 0 Å². The Morgan fingerprint density at radius 1 is 1.19 bits per heavy atom. The maximum absolute atomic E-state index is 13.6. The minimum atomic E-state index is -1.21. The predicted molar refractivity (Wildman–Crippen MR) is 86.2 cm³/mol. The second kappa shape index (κ2) is 7.81. The van der Waals surface area contributed by atoms with Gasteiger partial charge < -0.3 is 20.6 Å². The van der Waals surface area contributed by atoms with Crippen LogP contribution in [0.2, 0.25) is 0 Å². The number of nitrogens with one attached hydrogen (secondary N) is 1. The maximum atomic E-state index is 13.6. The third-order valence-electron chi connectivity index (χ3n) is 3.55. The van der Waals surface area contributed by atoms with Gasteiger partial charge in [0.1, 0.15) is 23.0 Å². The largest absolute Gasteiger partial charge is 0.490 e. The molecule has 1 aromatic carbocycles. The Morgan fingerprint density at radius 2 is 1.78 bits per heavy atom. The van der Waals surface area contributed by atoms with Gasteiger partial charge in [0.05, 0.1) is 14.2 Å². The van der Waals surface area contributed by atoms with Gasteiger partial charge in [-0.1, -0.05) is 0 Å². The molecule has 3 N–H and O–H groups in total. The van der Waals surface area contributed by atoms with E-state index in [1.807, 2.05) is 0 Å². The molecule has 0 radical (unpaired) electrons. The zero-order valence-corrected chi connectivity index (χ0v) is 14.1. The van der Waals surface area contributed by atoms with Gasteiger partial charge in [0.2, 0.25) is 5.43 Å². The number of halogens is 3. The smallest absolute Gasteiger partial charge is 0.360 e. The summed E-state index contributed by atoms with van der Waals surface area (Å²) < 4.78 is 50.1. The van der Waals surface area contributed by atoms with Crippen LogP contribution in [-0.4, -0.2) is 30.8 Å². The van der Waals surface area contributed by atoms with Crippen molar-refractivity contribution in [3.63, 3.8) is 0 Å². The lowest BCUT2D eigenvalue weighted by Gasteiger charge is -2.13. The summed E-state index contributed by atoms with van der Waals surface area (Å²) in [5, 5.41) is 2.12. The topological polar surface area (TPSA) is 113 Å². The molecule has 11 heteroatoms. The molecule has 0 spiro atoms. The molecule has 0 bridgehead atoms. The molecule has 2 aromatic rings. The molecule has 0 aliphatic heterocycles. The molecule has 8 nitrogen and oxygen atoms in total. The van der Waals surface area contributed by atoms with Gasteiger partial charge in [0, 0.05) is 30.4 Å². The lowest BCUT2D eigenvalue weighted by Crippen LogP contribution is -2.34. The van der Waals surface area contributed by atoms with Crippen LogP contribution < -0.4 is 21.3 Å². The molecule has 0 atom stereocenters. The number of carbonyl (C=O) groups is 2. The second-order valence-corrected chi connectivity index (χ2v) is 5.18. The van der Waals surface area contributed by atoms with Crippen molar-refractivity contribution >= 4 is 11.9 Å². The van der Waals surface area contributed by atoms with Crippen molar-refractivity contribution in [2.75, 3.05) is 20.1 Å². The number of ether oxygens (including phenoxy) is 2. The molecule has 2 rings (SSSR count). The zero-order valence-electron chi connectivity index (χ0n) is 14.1. The minimum Gasteiger partial charge on any atom is -0.490 e. The van der Waals surface area contributed by atoms with Gasteiger partial charge in [-0.3, -0.25) is 14.3 Å². The number of rotatable bonds is 5. The SMILES string of the molecule is COC(=O)c1c(OC)c(=O)c(C(=O)NCc2c(F)cc(F)cc2F)cn1N. The fourth-order valence-corrected chi connectivity index (χ4v) is 2.26. The van der Waals surface area contributed by atoms with Crippen molar-refractivity contribution in [3.05, 3.63) is 62.8 Å². The van der Waals surface area contributed by atoms with E-state index in [9.17, 15) is 27.6 Å². The molecular weight excluding hydrogens is 371 g/mol.